The van der Waals surface area contributed by atoms with Crippen molar-refractivity contribution >= 4 is 6.29 Å². The Morgan fingerprint density at radius 3 is 2.52 bits per heavy atom. The van der Waals surface area contributed by atoms with Gasteiger partial charge in [-0.1, -0.05) is 18.2 Å². The Hall–Kier alpha value is -1.43. The van der Waals surface area contributed by atoms with Gasteiger partial charge < -0.3 is 14.7 Å². The highest BCUT2D eigenvalue weighted by molar-refractivity contribution is 5.50. The van der Waals surface area contributed by atoms with E-state index in [1.54, 1.807) is 0 Å². The minimum Gasteiger partial charge on any atom is -0.337 e. The molecule has 0 spiro atoms. The van der Waals surface area contributed by atoms with Gasteiger partial charge in [-0.3, -0.25) is 4.79 Å². The van der Waals surface area contributed by atoms with Crippen LogP contribution in [0.4, 0.5) is 0 Å². The molecule has 3 rings (SSSR count). The third-order valence-corrected chi connectivity index (χ3v) is 5.63. The van der Waals surface area contributed by atoms with Crippen molar-refractivity contribution in [2.45, 2.75) is 51.4 Å². The first kappa shape index (κ1) is 20.3. The molecule has 0 N–H and O–H groups in total. The predicted molar refractivity (Wildman–Crippen MR) is 107 cm³/mol. The molecule has 0 aromatic heterocycles. The number of nitrogens with zero attached hydrogens (tertiary/aromatic N) is 2. The van der Waals surface area contributed by atoms with Gasteiger partial charge in [-0.15, -0.1) is 0 Å². The molecule has 0 unspecified atom stereocenters. The molecular weight excluding hydrogens is 340 g/mol. The highest BCUT2D eigenvalue weighted by Crippen LogP contribution is 2.28. The standard InChI is InChI=1S/C22H33N2O3/c25-18-5-4-13-24-16-14-23(15-17-24)12-3-1-8-20-10-7-11-21-9-2-6-19-26-27-22(20)21/h7,10-11H,1-6,8-9,12-17,19H2. The fraction of sp³-hybridized carbons (Fsp3) is 0.682. The van der Waals surface area contributed by atoms with E-state index < -0.39 is 0 Å². The zero-order chi connectivity index (χ0) is 18.7. The number of aryl methyl sites for hydroxylation is 2. The molecular formula is C22H33N2O3. The molecule has 1 fully saturated rings. The first-order chi connectivity index (χ1) is 13.4. The van der Waals surface area contributed by atoms with Gasteiger partial charge >= 0.3 is 0 Å². The van der Waals surface area contributed by atoms with Crippen molar-refractivity contribution in [1.82, 2.24) is 9.80 Å². The average molecular weight is 374 g/mol. The monoisotopic (exact) mass is 373 g/mol. The number of para-hydroxylation sites is 1. The van der Waals surface area contributed by atoms with Crippen LogP contribution in [0.25, 0.3) is 0 Å². The van der Waals surface area contributed by atoms with Gasteiger partial charge in [-0.25, -0.2) is 0 Å². The van der Waals surface area contributed by atoms with Gasteiger partial charge in [0.05, 0.1) is 6.61 Å². The van der Waals surface area contributed by atoms with Gasteiger partial charge in [0.25, 0.3) is 0 Å². The highest BCUT2D eigenvalue weighted by atomic mass is 17.2. The second-order valence-corrected chi connectivity index (χ2v) is 7.66. The molecule has 2 heterocycles. The molecule has 2 aliphatic rings. The summed E-state index contributed by atoms with van der Waals surface area (Å²) in [4.78, 5) is 26.3. The zero-order valence-electron chi connectivity index (χ0n) is 16.5. The summed E-state index contributed by atoms with van der Waals surface area (Å²) in [6.07, 6.45) is 10.2. The maximum Gasteiger partial charge on any atom is 0.198 e. The summed E-state index contributed by atoms with van der Waals surface area (Å²) in [6.45, 7) is 7.41. The van der Waals surface area contributed by atoms with Crippen molar-refractivity contribution in [2.75, 3.05) is 45.9 Å². The number of hydrogen-bond acceptors (Lipinski definition) is 5. The lowest BCUT2D eigenvalue weighted by Crippen LogP contribution is -2.46. The predicted octanol–water partition coefficient (Wildman–Crippen LogP) is 3.16. The van der Waals surface area contributed by atoms with Crippen LogP contribution in [0.2, 0.25) is 0 Å². The van der Waals surface area contributed by atoms with Crippen LogP contribution in [-0.2, 0) is 22.5 Å². The van der Waals surface area contributed by atoms with Crippen molar-refractivity contribution < 1.29 is 14.6 Å². The lowest BCUT2D eigenvalue weighted by molar-refractivity contribution is -0.210. The van der Waals surface area contributed by atoms with Crippen LogP contribution < -0.4 is 4.89 Å². The molecule has 0 amide bonds. The van der Waals surface area contributed by atoms with Gasteiger partial charge in [0, 0.05) is 32.6 Å². The Kier molecular flexibility index (Phi) is 8.59. The molecule has 1 aromatic carbocycles. The van der Waals surface area contributed by atoms with Crippen molar-refractivity contribution in [1.29, 1.82) is 0 Å². The zero-order valence-corrected chi connectivity index (χ0v) is 16.5. The van der Waals surface area contributed by atoms with Crippen LogP contribution >= 0.6 is 0 Å². The molecule has 1 radical (unpaired) electrons. The third-order valence-electron chi connectivity index (χ3n) is 5.63. The maximum absolute atomic E-state index is 10.3. The minimum absolute atomic E-state index is 0.568. The number of fused-ring (bicyclic) bond motifs is 1. The van der Waals surface area contributed by atoms with Gasteiger partial charge in [-0.2, -0.15) is 4.89 Å². The largest absolute Gasteiger partial charge is 0.337 e. The van der Waals surface area contributed by atoms with E-state index in [9.17, 15) is 4.79 Å². The number of piperazine rings is 1. The van der Waals surface area contributed by atoms with E-state index in [-0.39, 0.29) is 0 Å². The van der Waals surface area contributed by atoms with Crippen molar-refractivity contribution in [3.8, 4) is 5.75 Å². The van der Waals surface area contributed by atoms with Crippen LogP contribution in [0.3, 0.4) is 0 Å². The first-order valence-electron chi connectivity index (χ1n) is 10.6. The molecule has 5 heteroatoms. The van der Waals surface area contributed by atoms with E-state index in [0.29, 0.717) is 13.0 Å². The summed E-state index contributed by atoms with van der Waals surface area (Å²) >= 11 is 0. The average Bonchev–Trinajstić information content (AvgIpc) is 2.67. The van der Waals surface area contributed by atoms with Crippen molar-refractivity contribution in [3.05, 3.63) is 29.3 Å². The summed E-state index contributed by atoms with van der Waals surface area (Å²) in [5.74, 6) is 0.971. The molecule has 0 aliphatic carbocycles. The molecule has 27 heavy (non-hydrogen) atoms. The summed E-state index contributed by atoms with van der Waals surface area (Å²) in [6, 6.07) is 6.50. The van der Waals surface area contributed by atoms with Crippen LogP contribution in [0.15, 0.2) is 18.2 Å². The topological polar surface area (TPSA) is 42.0 Å². The Morgan fingerprint density at radius 1 is 0.963 bits per heavy atom. The summed E-state index contributed by atoms with van der Waals surface area (Å²) in [5, 5.41) is 0. The second kappa shape index (κ2) is 11.4. The van der Waals surface area contributed by atoms with Gasteiger partial charge in [0.1, 0.15) is 0 Å². The third kappa shape index (κ3) is 6.59. The lowest BCUT2D eigenvalue weighted by Gasteiger charge is -2.34. The Morgan fingerprint density at radius 2 is 1.74 bits per heavy atom. The molecule has 5 nitrogen and oxygen atoms in total. The fourth-order valence-electron chi connectivity index (χ4n) is 3.98. The first-order valence-corrected chi connectivity index (χ1v) is 10.6. The smallest absolute Gasteiger partial charge is 0.198 e. The lowest BCUT2D eigenvalue weighted by atomic mass is 10.00. The Labute approximate surface area is 163 Å². The van der Waals surface area contributed by atoms with Gasteiger partial charge in [0.15, 0.2) is 12.0 Å². The van der Waals surface area contributed by atoms with E-state index >= 15 is 0 Å². The number of hydrogen-bond donors (Lipinski definition) is 0. The van der Waals surface area contributed by atoms with E-state index in [2.05, 4.69) is 28.0 Å². The molecule has 2 aliphatic heterocycles. The van der Waals surface area contributed by atoms with Gasteiger partial charge in [-0.05, 0) is 69.2 Å². The summed E-state index contributed by atoms with van der Waals surface area (Å²) < 4.78 is 0. The molecule has 0 bridgehead atoms. The maximum atomic E-state index is 10.3. The molecule has 149 valence electrons. The number of carbonyl (C=O) groups excluding carboxylic acids is 1. The van der Waals surface area contributed by atoms with E-state index in [0.717, 1.165) is 64.2 Å². The Bertz CT molecular complexity index is 571. The Balaban J connectivity index is 1.36. The van der Waals surface area contributed by atoms with E-state index in [1.807, 2.05) is 6.29 Å². The van der Waals surface area contributed by atoms with Crippen LogP contribution in [-0.4, -0.2) is 62.0 Å². The molecule has 0 saturated carbocycles. The SMILES string of the molecule is O=[C]CCCN1CCN(CCCCc2cccc3c2OOCCCC3)CC1. The molecule has 0 atom stereocenters. The fourth-order valence-corrected chi connectivity index (χ4v) is 3.98. The van der Waals surface area contributed by atoms with Crippen LogP contribution in [0.5, 0.6) is 5.75 Å². The highest BCUT2D eigenvalue weighted by Gasteiger charge is 2.17. The number of benzene rings is 1. The molecule has 1 saturated heterocycles. The normalized spacial score (nSPS) is 19.0. The van der Waals surface area contributed by atoms with E-state index in [4.69, 9.17) is 9.78 Å². The van der Waals surface area contributed by atoms with E-state index in [1.165, 1.54) is 36.9 Å². The second-order valence-electron chi connectivity index (χ2n) is 7.66. The number of unbranched alkanes of at least 4 members (excludes halogenated alkanes) is 2. The minimum atomic E-state index is 0.568. The molecule has 1 aromatic rings. The summed E-state index contributed by atoms with van der Waals surface area (Å²) in [7, 11) is 0. The summed E-state index contributed by atoms with van der Waals surface area (Å²) in [5.41, 5.74) is 2.57. The van der Waals surface area contributed by atoms with Crippen LogP contribution in [0.1, 0.15) is 49.7 Å². The number of rotatable bonds is 9. The quantitative estimate of drug-likeness (QED) is 0.491. The van der Waals surface area contributed by atoms with Crippen LogP contribution in [0, 0.1) is 0 Å². The van der Waals surface area contributed by atoms with Crippen molar-refractivity contribution in [3.63, 3.8) is 0 Å². The van der Waals surface area contributed by atoms with Crippen molar-refractivity contribution in [2.24, 2.45) is 0 Å². The van der Waals surface area contributed by atoms with Gasteiger partial charge in [0.2, 0.25) is 0 Å².